The summed E-state index contributed by atoms with van der Waals surface area (Å²) in [5, 5.41) is 28.2. The fourth-order valence-corrected chi connectivity index (χ4v) is 2.51. The van der Waals surface area contributed by atoms with Crippen molar-refractivity contribution in [3.8, 4) is 18.2 Å². The Hall–Kier alpha value is -2.91. The molecular weight excluding hydrogens is 268 g/mol. The summed E-state index contributed by atoms with van der Waals surface area (Å²) >= 11 is 0. The summed E-state index contributed by atoms with van der Waals surface area (Å²) in [5.74, 6) is -0.415. The minimum absolute atomic E-state index is 0.0321. The van der Waals surface area contributed by atoms with Gasteiger partial charge in [-0.05, 0) is 19.9 Å². The molecule has 21 heavy (non-hydrogen) atoms. The van der Waals surface area contributed by atoms with E-state index in [0.717, 1.165) is 5.57 Å². The zero-order chi connectivity index (χ0) is 16.3. The Morgan fingerprint density at radius 1 is 1.29 bits per heavy atom. The minimum Gasteiger partial charge on any atom is -0.400 e. The maximum Gasteiger partial charge on any atom is 0.172 e. The Morgan fingerprint density at radius 3 is 2.24 bits per heavy atom. The van der Waals surface area contributed by atoms with Crippen molar-refractivity contribution in [3.63, 3.8) is 0 Å². The van der Waals surface area contributed by atoms with Gasteiger partial charge in [-0.1, -0.05) is 5.57 Å². The van der Waals surface area contributed by atoms with E-state index in [2.05, 4.69) is 0 Å². The second-order valence-corrected chi connectivity index (χ2v) is 5.24. The van der Waals surface area contributed by atoms with Crippen molar-refractivity contribution in [2.45, 2.75) is 26.7 Å². The van der Waals surface area contributed by atoms with Crippen LogP contribution in [-0.2, 0) is 9.59 Å². The Kier molecular flexibility index (Phi) is 4.31. The Labute approximate surface area is 122 Å². The fraction of sp³-hybridized carbons (Fsp3) is 0.400. The standard InChI is InChI=1S/C15H14N4O2/c1-10(2)3-12(21)5-15(9-18)13(19)11(6-20)4-14(15,7-16)8-17/h3,6H,4-5,19H2,1-2H3/t15-/m1/s1. The van der Waals surface area contributed by atoms with Crippen LogP contribution in [0.5, 0.6) is 0 Å². The molecule has 0 amide bonds. The molecule has 1 aliphatic rings. The summed E-state index contributed by atoms with van der Waals surface area (Å²) in [7, 11) is 0. The molecule has 0 aromatic rings. The van der Waals surface area contributed by atoms with Crippen molar-refractivity contribution in [2.75, 3.05) is 0 Å². The average Bonchev–Trinajstić information content (AvgIpc) is 2.68. The van der Waals surface area contributed by atoms with Crippen LogP contribution in [0.1, 0.15) is 26.7 Å². The topological polar surface area (TPSA) is 132 Å². The Bertz CT molecular complexity index is 664. The van der Waals surface area contributed by atoms with Gasteiger partial charge in [0.1, 0.15) is 11.7 Å². The molecule has 0 aliphatic heterocycles. The van der Waals surface area contributed by atoms with Crippen LogP contribution in [-0.4, -0.2) is 12.1 Å². The predicted octanol–water partition coefficient (Wildman–Crippen LogP) is 1.27. The number of hydrogen-bond donors (Lipinski definition) is 1. The van der Waals surface area contributed by atoms with Gasteiger partial charge in [-0.15, -0.1) is 0 Å². The third-order valence-corrected chi connectivity index (χ3v) is 3.59. The molecular formula is C15H14N4O2. The quantitative estimate of drug-likeness (QED) is 0.610. The van der Waals surface area contributed by atoms with Crippen molar-refractivity contribution in [3.05, 3.63) is 22.9 Å². The first-order chi connectivity index (χ1) is 9.82. The summed E-state index contributed by atoms with van der Waals surface area (Å²) < 4.78 is 0. The molecule has 2 N–H and O–H groups in total. The SMILES string of the molecule is CC(C)=CC(=O)C[C@@]1(C#N)C(N)=C(C=O)CC1(C#N)C#N. The third kappa shape index (κ3) is 2.30. The van der Waals surface area contributed by atoms with E-state index in [1.54, 1.807) is 26.0 Å². The molecule has 0 radical (unpaired) electrons. The predicted molar refractivity (Wildman–Crippen MR) is 72.7 cm³/mol. The maximum atomic E-state index is 12.0. The van der Waals surface area contributed by atoms with Crippen LogP contribution < -0.4 is 5.73 Å². The molecule has 0 bridgehead atoms. The fourth-order valence-electron chi connectivity index (χ4n) is 2.51. The molecule has 6 heteroatoms. The summed E-state index contributed by atoms with van der Waals surface area (Å²) in [5.41, 5.74) is 2.82. The van der Waals surface area contributed by atoms with Crippen molar-refractivity contribution in [1.29, 1.82) is 15.8 Å². The molecule has 0 unspecified atom stereocenters. The summed E-state index contributed by atoms with van der Waals surface area (Å²) in [4.78, 5) is 23.1. The second kappa shape index (κ2) is 5.61. The van der Waals surface area contributed by atoms with Crippen molar-refractivity contribution in [1.82, 2.24) is 0 Å². The van der Waals surface area contributed by atoms with Gasteiger partial charge < -0.3 is 5.73 Å². The summed E-state index contributed by atoms with van der Waals surface area (Å²) in [6, 6.07) is 5.42. The largest absolute Gasteiger partial charge is 0.400 e. The minimum atomic E-state index is -1.83. The number of carbonyl (C=O) groups is 2. The van der Waals surface area contributed by atoms with Gasteiger partial charge >= 0.3 is 0 Å². The first-order valence-electron chi connectivity index (χ1n) is 6.18. The van der Waals surface area contributed by atoms with E-state index >= 15 is 0 Å². The number of hydrogen-bond acceptors (Lipinski definition) is 6. The highest BCUT2D eigenvalue weighted by atomic mass is 16.1. The molecule has 0 heterocycles. The Morgan fingerprint density at radius 2 is 1.86 bits per heavy atom. The van der Waals surface area contributed by atoms with E-state index in [0.29, 0.717) is 6.29 Å². The number of ketones is 1. The number of allylic oxidation sites excluding steroid dienone is 4. The first-order valence-corrected chi connectivity index (χ1v) is 6.18. The lowest BCUT2D eigenvalue weighted by Crippen LogP contribution is -2.40. The first kappa shape index (κ1) is 16.1. The molecule has 0 spiro atoms. The second-order valence-electron chi connectivity index (χ2n) is 5.24. The molecule has 1 rings (SSSR count). The number of nitriles is 3. The van der Waals surface area contributed by atoms with Crippen LogP contribution in [0.3, 0.4) is 0 Å². The molecule has 0 saturated carbocycles. The molecule has 6 nitrogen and oxygen atoms in total. The van der Waals surface area contributed by atoms with Gasteiger partial charge in [0, 0.05) is 24.1 Å². The van der Waals surface area contributed by atoms with E-state index in [4.69, 9.17) is 5.73 Å². The van der Waals surface area contributed by atoms with E-state index in [1.165, 1.54) is 6.08 Å². The van der Waals surface area contributed by atoms with E-state index in [-0.39, 0.29) is 17.7 Å². The van der Waals surface area contributed by atoms with Gasteiger partial charge in [0.05, 0.1) is 18.2 Å². The highest BCUT2D eigenvalue weighted by Crippen LogP contribution is 2.55. The third-order valence-electron chi connectivity index (χ3n) is 3.59. The summed E-state index contributed by atoms with van der Waals surface area (Å²) in [6.45, 7) is 3.42. The Balaban J connectivity index is 3.51. The van der Waals surface area contributed by atoms with Crippen LogP contribution >= 0.6 is 0 Å². The number of nitrogens with two attached hydrogens (primary N) is 1. The smallest absolute Gasteiger partial charge is 0.172 e. The van der Waals surface area contributed by atoms with Gasteiger partial charge in [-0.3, -0.25) is 9.59 Å². The van der Waals surface area contributed by atoms with E-state index < -0.39 is 23.0 Å². The van der Waals surface area contributed by atoms with Gasteiger partial charge in [0.2, 0.25) is 0 Å². The van der Waals surface area contributed by atoms with Crippen LogP contribution in [0.4, 0.5) is 0 Å². The lowest BCUT2D eigenvalue weighted by molar-refractivity contribution is -0.116. The molecule has 0 saturated heterocycles. The number of aldehydes is 1. The lowest BCUT2D eigenvalue weighted by Gasteiger charge is -2.30. The van der Waals surface area contributed by atoms with Crippen LogP contribution in [0.2, 0.25) is 0 Å². The van der Waals surface area contributed by atoms with Crippen molar-refractivity contribution in [2.24, 2.45) is 16.6 Å². The molecule has 0 aromatic carbocycles. The van der Waals surface area contributed by atoms with E-state index in [1.807, 2.05) is 6.07 Å². The average molecular weight is 282 g/mol. The van der Waals surface area contributed by atoms with E-state index in [9.17, 15) is 25.4 Å². The number of carbonyl (C=O) groups excluding carboxylic acids is 2. The highest BCUT2D eigenvalue weighted by molar-refractivity contribution is 5.92. The van der Waals surface area contributed by atoms with Gasteiger partial charge in [-0.25, -0.2) is 0 Å². The monoisotopic (exact) mass is 282 g/mol. The molecule has 0 fully saturated rings. The zero-order valence-corrected chi connectivity index (χ0v) is 11.8. The van der Waals surface area contributed by atoms with Gasteiger partial charge in [0.25, 0.3) is 0 Å². The molecule has 106 valence electrons. The van der Waals surface area contributed by atoms with Crippen LogP contribution in [0.25, 0.3) is 0 Å². The van der Waals surface area contributed by atoms with Gasteiger partial charge in [-0.2, -0.15) is 15.8 Å². The summed E-state index contributed by atoms with van der Waals surface area (Å²) in [6.07, 6.45) is 1.11. The molecule has 1 aliphatic carbocycles. The highest BCUT2D eigenvalue weighted by Gasteiger charge is 2.61. The van der Waals surface area contributed by atoms with Gasteiger partial charge in [0.15, 0.2) is 11.2 Å². The maximum absolute atomic E-state index is 12.0. The number of nitrogens with zero attached hydrogens (tertiary/aromatic N) is 3. The normalized spacial score (nSPS) is 22.6. The number of rotatable bonds is 4. The van der Waals surface area contributed by atoms with Crippen LogP contribution in [0.15, 0.2) is 22.9 Å². The van der Waals surface area contributed by atoms with Crippen LogP contribution in [0, 0.1) is 44.8 Å². The van der Waals surface area contributed by atoms with Crippen molar-refractivity contribution < 1.29 is 9.59 Å². The lowest BCUT2D eigenvalue weighted by atomic mass is 9.64. The molecule has 1 atom stereocenters. The molecule has 0 aromatic heterocycles. The zero-order valence-electron chi connectivity index (χ0n) is 11.8. The van der Waals surface area contributed by atoms with Crippen molar-refractivity contribution >= 4 is 12.1 Å².